The summed E-state index contributed by atoms with van der Waals surface area (Å²) in [5, 5.41) is 19.5. The van der Waals surface area contributed by atoms with E-state index in [1.807, 2.05) is 0 Å². The zero-order valence-corrected chi connectivity index (χ0v) is 12.1. The van der Waals surface area contributed by atoms with Crippen molar-refractivity contribution in [2.45, 2.75) is 24.3 Å². The first kappa shape index (κ1) is 16.9. The van der Waals surface area contributed by atoms with Gasteiger partial charge in [-0.3, -0.25) is 14.9 Å². The number of nitrogens with zero attached hydrogens (tertiary/aromatic N) is 1. The van der Waals surface area contributed by atoms with Crippen LogP contribution in [0.25, 0.3) is 0 Å². The second kappa shape index (κ2) is 6.50. The lowest BCUT2D eigenvalue weighted by Gasteiger charge is -2.12. The number of nitro benzene ring substituents is 1. The van der Waals surface area contributed by atoms with Gasteiger partial charge in [-0.2, -0.15) is 0 Å². The number of rotatable bonds is 7. The number of carboxylic acids is 1. The van der Waals surface area contributed by atoms with E-state index in [2.05, 4.69) is 4.72 Å². The van der Waals surface area contributed by atoms with Gasteiger partial charge in [0.25, 0.3) is 0 Å². The number of sulfonamides is 1. The van der Waals surface area contributed by atoms with E-state index in [-0.39, 0.29) is 10.6 Å². The van der Waals surface area contributed by atoms with Gasteiger partial charge < -0.3 is 9.84 Å². The van der Waals surface area contributed by atoms with Crippen LogP contribution in [0, 0.1) is 10.1 Å². The Kier molecular flexibility index (Phi) is 5.22. The van der Waals surface area contributed by atoms with Crippen molar-refractivity contribution in [2.75, 3.05) is 7.11 Å². The predicted octanol–water partition coefficient (Wildman–Crippen LogP) is 0.745. The summed E-state index contributed by atoms with van der Waals surface area (Å²) in [5.74, 6) is -1.23. The molecule has 0 aliphatic rings. The van der Waals surface area contributed by atoms with Crippen LogP contribution in [-0.2, 0) is 14.8 Å². The zero-order chi connectivity index (χ0) is 16.2. The second-order valence-electron chi connectivity index (χ2n) is 4.21. The Labute approximate surface area is 120 Å². The predicted molar refractivity (Wildman–Crippen MR) is 71.7 cm³/mol. The van der Waals surface area contributed by atoms with Gasteiger partial charge in [0, 0.05) is 12.1 Å². The number of nitrogens with one attached hydrogen (secondary N) is 1. The first-order valence-electron chi connectivity index (χ1n) is 5.74. The molecule has 0 heterocycles. The summed E-state index contributed by atoms with van der Waals surface area (Å²) in [4.78, 5) is 20.3. The lowest BCUT2D eigenvalue weighted by Crippen LogP contribution is -2.34. The van der Waals surface area contributed by atoms with Gasteiger partial charge in [0.15, 0.2) is 5.75 Å². The summed E-state index contributed by atoms with van der Waals surface area (Å²) >= 11 is 0. The van der Waals surface area contributed by atoms with Crippen molar-refractivity contribution in [3.8, 4) is 5.75 Å². The van der Waals surface area contributed by atoms with Crippen LogP contribution in [0.5, 0.6) is 5.75 Å². The second-order valence-corrected chi connectivity index (χ2v) is 5.92. The normalized spacial score (nSPS) is 12.7. The van der Waals surface area contributed by atoms with Crippen molar-refractivity contribution in [2.24, 2.45) is 0 Å². The van der Waals surface area contributed by atoms with E-state index in [1.165, 1.54) is 14.0 Å². The fraction of sp³-hybridized carbons (Fsp3) is 0.364. The molecule has 1 aromatic rings. The van der Waals surface area contributed by atoms with Crippen molar-refractivity contribution in [1.29, 1.82) is 0 Å². The maximum absolute atomic E-state index is 12.0. The lowest BCUT2D eigenvalue weighted by molar-refractivity contribution is -0.386. The molecule has 2 N–H and O–H groups in total. The van der Waals surface area contributed by atoms with Gasteiger partial charge in [-0.25, -0.2) is 13.1 Å². The number of aliphatic carboxylic acids is 1. The Hall–Kier alpha value is -2.20. The first-order valence-corrected chi connectivity index (χ1v) is 7.22. The highest BCUT2D eigenvalue weighted by Crippen LogP contribution is 2.29. The molecule has 0 radical (unpaired) electrons. The molecule has 0 aliphatic carbocycles. The van der Waals surface area contributed by atoms with Crippen LogP contribution >= 0.6 is 0 Å². The molecule has 9 nitrogen and oxygen atoms in total. The highest BCUT2D eigenvalue weighted by Gasteiger charge is 2.24. The van der Waals surface area contributed by atoms with E-state index in [0.29, 0.717) is 0 Å². The largest absolute Gasteiger partial charge is 0.490 e. The van der Waals surface area contributed by atoms with Crippen LogP contribution in [0.1, 0.15) is 13.3 Å². The smallest absolute Gasteiger partial charge is 0.312 e. The lowest BCUT2D eigenvalue weighted by atomic mass is 10.3. The number of methoxy groups -OCH3 is 1. The van der Waals surface area contributed by atoms with Gasteiger partial charge in [-0.05, 0) is 19.1 Å². The minimum absolute atomic E-state index is 0.0717. The summed E-state index contributed by atoms with van der Waals surface area (Å²) < 4.78 is 31.0. The van der Waals surface area contributed by atoms with Gasteiger partial charge in [0.1, 0.15) is 0 Å². The summed E-state index contributed by atoms with van der Waals surface area (Å²) in [5.41, 5.74) is -0.494. The standard InChI is InChI=1S/C11H14N2O7S/c1-7(5-11(14)15)12-21(18,19)8-3-4-10(20-2)9(6-8)13(16)17/h3-4,6-7,12H,5H2,1-2H3,(H,14,15). The number of nitro groups is 1. The van der Waals surface area contributed by atoms with Crippen molar-refractivity contribution < 1.29 is 28.0 Å². The average Bonchev–Trinajstić information content (AvgIpc) is 2.35. The van der Waals surface area contributed by atoms with Crippen molar-refractivity contribution in [3.63, 3.8) is 0 Å². The summed E-state index contributed by atoms with van der Waals surface area (Å²) in [6.45, 7) is 1.38. The minimum atomic E-state index is -4.06. The maximum atomic E-state index is 12.0. The molecular weight excluding hydrogens is 304 g/mol. The molecule has 21 heavy (non-hydrogen) atoms. The molecule has 1 aromatic carbocycles. The third-order valence-electron chi connectivity index (χ3n) is 2.49. The quantitative estimate of drug-likeness (QED) is 0.559. The minimum Gasteiger partial charge on any atom is -0.490 e. The van der Waals surface area contributed by atoms with E-state index < -0.39 is 39.1 Å². The van der Waals surface area contributed by atoms with Crippen molar-refractivity contribution in [1.82, 2.24) is 4.72 Å². The Morgan fingerprint density at radius 1 is 1.52 bits per heavy atom. The molecular formula is C11H14N2O7S. The molecule has 116 valence electrons. The van der Waals surface area contributed by atoms with E-state index >= 15 is 0 Å². The average molecular weight is 318 g/mol. The summed E-state index contributed by atoms with van der Waals surface area (Å²) in [6.07, 6.45) is -0.405. The van der Waals surface area contributed by atoms with Crippen LogP contribution in [-0.4, -0.2) is 37.6 Å². The molecule has 1 atom stereocenters. The number of carbonyl (C=O) groups is 1. The molecule has 0 amide bonds. The Balaban J connectivity index is 3.12. The van der Waals surface area contributed by atoms with E-state index in [9.17, 15) is 23.3 Å². The van der Waals surface area contributed by atoms with Gasteiger partial charge in [0.2, 0.25) is 10.0 Å². The number of carboxylic acid groups (broad SMARTS) is 1. The Morgan fingerprint density at radius 2 is 2.14 bits per heavy atom. The van der Waals surface area contributed by atoms with Crippen molar-refractivity contribution >= 4 is 21.7 Å². The SMILES string of the molecule is COc1ccc(S(=O)(=O)NC(C)CC(=O)O)cc1[N+](=O)[O-]. The third-order valence-corrected chi connectivity index (χ3v) is 4.08. The fourth-order valence-electron chi connectivity index (χ4n) is 1.62. The highest BCUT2D eigenvalue weighted by molar-refractivity contribution is 7.89. The van der Waals surface area contributed by atoms with Crippen LogP contribution in [0.15, 0.2) is 23.1 Å². The number of hydrogen-bond donors (Lipinski definition) is 2. The Bertz CT molecular complexity index is 657. The molecule has 0 saturated heterocycles. The first-order chi connectivity index (χ1) is 9.67. The summed E-state index contributed by atoms with van der Waals surface area (Å²) in [7, 11) is -2.83. The summed E-state index contributed by atoms with van der Waals surface area (Å²) in [6, 6.07) is 2.30. The van der Waals surface area contributed by atoms with Gasteiger partial charge >= 0.3 is 11.7 Å². The van der Waals surface area contributed by atoms with E-state index in [1.54, 1.807) is 0 Å². The third kappa shape index (κ3) is 4.39. The molecule has 0 bridgehead atoms. The maximum Gasteiger partial charge on any atom is 0.312 e. The molecule has 1 unspecified atom stereocenters. The van der Waals surface area contributed by atoms with Crippen molar-refractivity contribution in [3.05, 3.63) is 28.3 Å². The number of ether oxygens (including phenoxy) is 1. The van der Waals surface area contributed by atoms with E-state index in [4.69, 9.17) is 9.84 Å². The molecule has 0 fully saturated rings. The van der Waals surface area contributed by atoms with Gasteiger partial charge in [0.05, 0.1) is 23.3 Å². The van der Waals surface area contributed by atoms with Crippen LogP contribution in [0.4, 0.5) is 5.69 Å². The number of benzene rings is 1. The topological polar surface area (TPSA) is 136 Å². The highest BCUT2D eigenvalue weighted by atomic mass is 32.2. The Morgan fingerprint density at radius 3 is 2.62 bits per heavy atom. The monoisotopic (exact) mass is 318 g/mol. The van der Waals surface area contributed by atoms with Crippen LogP contribution in [0.3, 0.4) is 0 Å². The molecule has 0 spiro atoms. The fourth-order valence-corrected chi connectivity index (χ4v) is 2.88. The van der Waals surface area contributed by atoms with Gasteiger partial charge in [-0.15, -0.1) is 0 Å². The molecule has 0 saturated carbocycles. The molecule has 10 heteroatoms. The van der Waals surface area contributed by atoms with Crippen LogP contribution < -0.4 is 9.46 Å². The van der Waals surface area contributed by atoms with Gasteiger partial charge in [-0.1, -0.05) is 0 Å². The van der Waals surface area contributed by atoms with E-state index in [0.717, 1.165) is 18.2 Å². The number of hydrogen-bond acceptors (Lipinski definition) is 6. The molecule has 0 aromatic heterocycles. The zero-order valence-electron chi connectivity index (χ0n) is 11.3. The molecule has 1 rings (SSSR count). The molecule has 0 aliphatic heterocycles. The van der Waals surface area contributed by atoms with Crippen LogP contribution in [0.2, 0.25) is 0 Å².